The van der Waals surface area contributed by atoms with E-state index in [1.807, 2.05) is 13.1 Å². The third-order valence-electron chi connectivity index (χ3n) is 3.68. The topological polar surface area (TPSA) is 29.3 Å². The Kier molecular flexibility index (Phi) is 3.67. The molecule has 1 saturated carbocycles. The van der Waals surface area contributed by atoms with Gasteiger partial charge in [0.2, 0.25) is 0 Å². The van der Waals surface area contributed by atoms with Gasteiger partial charge in [0, 0.05) is 24.8 Å². The molecule has 2 atom stereocenters. The molecule has 2 nitrogen and oxygen atoms in total. The van der Waals surface area contributed by atoms with E-state index >= 15 is 0 Å². The first-order valence-electron chi connectivity index (χ1n) is 6.32. The molecule has 1 aliphatic rings. The number of anilines is 1. The summed E-state index contributed by atoms with van der Waals surface area (Å²) in [7, 11) is 2.04. The number of halogens is 1. The minimum atomic E-state index is -0.136. The predicted molar refractivity (Wildman–Crippen MR) is 69.7 cm³/mol. The molecule has 17 heavy (non-hydrogen) atoms. The number of nitrogens with two attached hydrogens (primary N) is 1. The van der Waals surface area contributed by atoms with Crippen molar-refractivity contribution in [3.63, 3.8) is 0 Å². The number of rotatable bonds is 5. The van der Waals surface area contributed by atoms with Gasteiger partial charge in [-0.1, -0.05) is 13.0 Å². The first-order chi connectivity index (χ1) is 8.13. The van der Waals surface area contributed by atoms with Gasteiger partial charge in [0.15, 0.2) is 0 Å². The van der Waals surface area contributed by atoms with E-state index in [4.69, 9.17) is 5.73 Å². The molecule has 1 fully saturated rings. The van der Waals surface area contributed by atoms with Gasteiger partial charge in [-0.25, -0.2) is 4.39 Å². The number of nitrogens with zero attached hydrogens (tertiary/aromatic N) is 1. The summed E-state index contributed by atoms with van der Waals surface area (Å²) >= 11 is 0. The quantitative estimate of drug-likeness (QED) is 0.850. The Bertz CT molecular complexity index is 392. The summed E-state index contributed by atoms with van der Waals surface area (Å²) < 4.78 is 13.7. The molecule has 94 valence electrons. The van der Waals surface area contributed by atoms with Crippen LogP contribution in [0.5, 0.6) is 0 Å². The molecule has 2 unspecified atom stereocenters. The maximum absolute atomic E-state index is 13.7. The Morgan fingerprint density at radius 2 is 2.18 bits per heavy atom. The van der Waals surface area contributed by atoms with Crippen LogP contribution in [-0.2, 0) is 6.42 Å². The highest BCUT2D eigenvalue weighted by Gasteiger charge is 2.33. The normalized spacial score (nSPS) is 22.6. The second-order valence-corrected chi connectivity index (χ2v) is 5.13. The largest absolute Gasteiger partial charge is 0.374 e. The summed E-state index contributed by atoms with van der Waals surface area (Å²) in [5.41, 5.74) is 7.30. The molecule has 0 saturated heterocycles. The van der Waals surface area contributed by atoms with E-state index in [2.05, 4.69) is 11.8 Å². The van der Waals surface area contributed by atoms with Gasteiger partial charge in [-0.3, -0.25) is 0 Å². The van der Waals surface area contributed by atoms with Crippen molar-refractivity contribution in [2.45, 2.75) is 19.8 Å². The Labute approximate surface area is 103 Å². The lowest BCUT2D eigenvalue weighted by atomic mass is 10.1. The van der Waals surface area contributed by atoms with Crippen molar-refractivity contribution in [2.24, 2.45) is 17.6 Å². The highest BCUT2D eigenvalue weighted by Crippen LogP contribution is 2.39. The second kappa shape index (κ2) is 5.05. The zero-order valence-corrected chi connectivity index (χ0v) is 10.6. The van der Waals surface area contributed by atoms with Crippen molar-refractivity contribution in [3.05, 3.63) is 29.6 Å². The maximum atomic E-state index is 13.7. The number of benzene rings is 1. The fourth-order valence-corrected chi connectivity index (χ4v) is 2.40. The van der Waals surface area contributed by atoms with E-state index in [9.17, 15) is 4.39 Å². The summed E-state index contributed by atoms with van der Waals surface area (Å²) in [5.74, 6) is 1.46. The summed E-state index contributed by atoms with van der Waals surface area (Å²) in [6, 6.07) is 5.28. The van der Waals surface area contributed by atoms with Gasteiger partial charge in [-0.2, -0.15) is 0 Å². The number of hydrogen-bond donors (Lipinski definition) is 1. The molecule has 0 spiro atoms. The van der Waals surface area contributed by atoms with Crippen molar-refractivity contribution in [3.8, 4) is 0 Å². The van der Waals surface area contributed by atoms with Crippen molar-refractivity contribution in [2.75, 3.05) is 25.0 Å². The maximum Gasteiger partial charge on any atom is 0.128 e. The zero-order chi connectivity index (χ0) is 12.4. The molecular weight excluding hydrogens is 215 g/mol. The average molecular weight is 236 g/mol. The lowest BCUT2D eigenvalue weighted by Crippen LogP contribution is -2.23. The molecule has 0 bridgehead atoms. The van der Waals surface area contributed by atoms with Crippen LogP contribution in [0.1, 0.15) is 18.9 Å². The molecule has 3 heteroatoms. The van der Waals surface area contributed by atoms with Gasteiger partial charge in [-0.05, 0) is 43.4 Å². The molecule has 0 aromatic heterocycles. The molecule has 0 radical (unpaired) electrons. The molecule has 0 heterocycles. The van der Waals surface area contributed by atoms with Crippen LogP contribution in [0.4, 0.5) is 10.1 Å². The van der Waals surface area contributed by atoms with Crippen LogP contribution < -0.4 is 10.6 Å². The van der Waals surface area contributed by atoms with Crippen LogP contribution in [0.3, 0.4) is 0 Å². The monoisotopic (exact) mass is 236 g/mol. The van der Waals surface area contributed by atoms with Gasteiger partial charge in [0.1, 0.15) is 5.82 Å². The summed E-state index contributed by atoms with van der Waals surface area (Å²) in [4.78, 5) is 2.17. The lowest BCUT2D eigenvalue weighted by molar-refractivity contribution is 0.607. The van der Waals surface area contributed by atoms with E-state index in [0.717, 1.165) is 29.6 Å². The van der Waals surface area contributed by atoms with Crippen molar-refractivity contribution in [1.82, 2.24) is 0 Å². The third-order valence-corrected chi connectivity index (χ3v) is 3.68. The molecule has 2 N–H and O–H groups in total. The van der Waals surface area contributed by atoms with Crippen LogP contribution in [0.25, 0.3) is 0 Å². The predicted octanol–water partition coefficient (Wildman–Crippen LogP) is 2.42. The van der Waals surface area contributed by atoms with Crippen molar-refractivity contribution >= 4 is 5.69 Å². The minimum Gasteiger partial charge on any atom is -0.374 e. The average Bonchev–Trinajstić information content (AvgIpc) is 2.97. The van der Waals surface area contributed by atoms with Crippen LogP contribution in [0.15, 0.2) is 18.2 Å². The van der Waals surface area contributed by atoms with Crippen LogP contribution in [0, 0.1) is 17.7 Å². The van der Waals surface area contributed by atoms with E-state index in [1.165, 1.54) is 12.5 Å². The van der Waals surface area contributed by atoms with Crippen LogP contribution in [0.2, 0.25) is 0 Å². The summed E-state index contributed by atoms with van der Waals surface area (Å²) in [6.07, 6.45) is 1.90. The highest BCUT2D eigenvalue weighted by atomic mass is 19.1. The summed E-state index contributed by atoms with van der Waals surface area (Å²) in [5, 5.41) is 0. The molecule has 0 aliphatic heterocycles. The van der Waals surface area contributed by atoms with Gasteiger partial charge < -0.3 is 10.6 Å². The van der Waals surface area contributed by atoms with Gasteiger partial charge >= 0.3 is 0 Å². The first-order valence-corrected chi connectivity index (χ1v) is 6.32. The third kappa shape index (κ3) is 2.78. The van der Waals surface area contributed by atoms with Gasteiger partial charge in [0.05, 0.1) is 0 Å². The number of hydrogen-bond acceptors (Lipinski definition) is 2. The lowest BCUT2D eigenvalue weighted by Gasteiger charge is -2.23. The highest BCUT2D eigenvalue weighted by molar-refractivity contribution is 5.54. The molecule has 0 amide bonds. The van der Waals surface area contributed by atoms with E-state index in [-0.39, 0.29) is 5.82 Å². The molecule has 1 aliphatic carbocycles. The van der Waals surface area contributed by atoms with E-state index < -0.39 is 0 Å². The fraction of sp³-hybridized carbons (Fsp3) is 0.571. The molecule has 1 aromatic rings. The summed E-state index contributed by atoms with van der Waals surface area (Å²) in [6.45, 7) is 3.77. The molecular formula is C14H21FN2. The van der Waals surface area contributed by atoms with Gasteiger partial charge in [-0.15, -0.1) is 0 Å². The SMILES string of the molecule is CC1CC1CN(C)c1cccc(F)c1CCN. The van der Waals surface area contributed by atoms with E-state index in [0.29, 0.717) is 13.0 Å². The van der Waals surface area contributed by atoms with Crippen molar-refractivity contribution in [1.29, 1.82) is 0 Å². The van der Waals surface area contributed by atoms with Gasteiger partial charge in [0.25, 0.3) is 0 Å². The van der Waals surface area contributed by atoms with Crippen LogP contribution in [-0.4, -0.2) is 20.1 Å². The first kappa shape index (κ1) is 12.4. The Hall–Kier alpha value is -1.09. The standard InChI is InChI=1S/C14H21FN2/c1-10-8-11(10)9-17(2)14-5-3-4-13(15)12(14)6-7-16/h3-5,10-11H,6-9,16H2,1-2H3. The van der Waals surface area contributed by atoms with E-state index in [1.54, 1.807) is 6.07 Å². The smallest absolute Gasteiger partial charge is 0.128 e. The Morgan fingerprint density at radius 3 is 2.76 bits per heavy atom. The van der Waals surface area contributed by atoms with Crippen molar-refractivity contribution < 1.29 is 4.39 Å². The Balaban J connectivity index is 2.15. The van der Waals surface area contributed by atoms with Crippen LogP contribution >= 0.6 is 0 Å². The fourth-order valence-electron chi connectivity index (χ4n) is 2.40. The zero-order valence-electron chi connectivity index (χ0n) is 10.6. The Morgan fingerprint density at radius 1 is 1.47 bits per heavy atom. The molecule has 1 aromatic carbocycles. The second-order valence-electron chi connectivity index (χ2n) is 5.13. The molecule has 2 rings (SSSR count). The minimum absolute atomic E-state index is 0.136.